The van der Waals surface area contributed by atoms with Crippen LogP contribution in [-0.4, -0.2) is 75.4 Å². The summed E-state index contributed by atoms with van der Waals surface area (Å²) >= 11 is 0. The highest BCUT2D eigenvalue weighted by molar-refractivity contribution is 7.30. The van der Waals surface area contributed by atoms with E-state index in [9.17, 15) is 19.4 Å². The maximum Gasteiger partial charge on any atom is 0.270 e. The molecule has 5 aromatic rings. The third kappa shape index (κ3) is 8.98. The van der Waals surface area contributed by atoms with Crippen LogP contribution in [0.1, 0.15) is 75.9 Å². The van der Waals surface area contributed by atoms with E-state index in [1.54, 1.807) is 28.8 Å². The highest BCUT2D eigenvalue weighted by atomic mass is 31.1. The van der Waals surface area contributed by atoms with Crippen LogP contribution in [0.25, 0.3) is 11.2 Å². The Kier molecular flexibility index (Phi) is 12.9. The van der Waals surface area contributed by atoms with Crippen molar-refractivity contribution in [3.63, 3.8) is 0 Å². The molecule has 304 valence electrons. The Morgan fingerprint density at radius 2 is 1.69 bits per heavy atom. The number of amides is 1. The second kappa shape index (κ2) is 18.1. The molecule has 3 aromatic carbocycles. The third-order valence-corrected chi connectivity index (χ3v) is 16.2. The molecule has 3 N–H and O–H groups in total. The van der Waals surface area contributed by atoms with Crippen molar-refractivity contribution < 1.29 is 33.0 Å². The van der Waals surface area contributed by atoms with Crippen LogP contribution >= 0.6 is 8.25 Å². The smallest absolute Gasteiger partial charge is 0.270 e. The average Bonchev–Trinajstić information content (AvgIpc) is 3.70. The molecule has 58 heavy (non-hydrogen) atoms. The van der Waals surface area contributed by atoms with E-state index in [4.69, 9.17) is 13.7 Å². The van der Waals surface area contributed by atoms with E-state index in [2.05, 4.69) is 57.6 Å². The normalized spacial score (nSPS) is 21.5. The predicted octanol–water partition coefficient (Wildman–Crippen LogP) is 4.86. The average molecular weight is 824 g/mol. The molecule has 2 fully saturated rings. The van der Waals surface area contributed by atoms with Crippen LogP contribution in [0, 0.1) is 6.08 Å². The van der Waals surface area contributed by atoms with E-state index in [1.165, 1.54) is 50.6 Å². The lowest BCUT2D eigenvalue weighted by atomic mass is 10.1. The molecule has 1 unspecified atom stereocenters. The van der Waals surface area contributed by atoms with E-state index in [0.29, 0.717) is 11.2 Å². The fourth-order valence-electron chi connectivity index (χ4n) is 7.93. The topological polar surface area (TPSA) is 176 Å². The van der Waals surface area contributed by atoms with Crippen molar-refractivity contribution in [2.24, 2.45) is 0 Å². The van der Waals surface area contributed by atoms with E-state index in [1.807, 2.05) is 66.7 Å². The number of carbonyl (C=O) groups is 1. The zero-order valence-corrected chi connectivity index (χ0v) is 35.0. The maximum atomic E-state index is 12.8. The number of imidazole rings is 1. The van der Waals surface area contributed by atoms with Gasteiger partial charge in [-0.25, -0.2) is 20.4 Å². The van der Waals surface area contributed by atoms with Gasteiger partial charge >= 0.3 is 0 Å². The number of aliphatic hydroxyl groups is 1. The number of hydrazine groups is 1. The number of rotatable bonds is 10. The van der Waals surface area contributed by atoms with Gasteiger partial charge in [0.15, 0.2) is 23.4 Å². The summed E-state index contributed by atoms with van der Waals surface area (Å²) in [5.74, 6) is -2.42. The second-order valence-electron chi connectivity index (χ2n) is 15.6. The fraction of sp³-hybridized carbons (Fsp3) is 0.381. The number of anilines is 1. The van der Waals surface area contributed by atoms with E-state index < -0.39 is 34.7 Å². The van der Waals surface area contributed by atoms with Gasteiger partial charge in [-0.2, -0.15) is 0 Å². The Morgan fingerprint density at radius 3 is 2.34 bits per heavy atom. The van der Waals surface area contributed by atoms with E-state index >= 15 is 0 Å². The second-order valence-corrected chi connectivity index (χ2v) is 20.6. The van der Waals surface area contributed by atoms with Gasteiger partial charge in [-0.3, -0.25) is 14.4 Å². The van der Waals surface area contributed by atoms with Crippen LogP contribution in [-0.2, 0) is 18.3 Å². The van der Waals surface area contributed by atoms with Gasteiger partial charge in [0.05, 0.1) is 19.4 Å². The summed E-state index contributed by atoms with van der Waals surface area (Å²) in [6.07, 6.45) is 10.0. The first-order chi connectivity index (χ1) is 28.0. The predicted molar refractivity (Wildman–Crippen MR) is 221 cm³/mol. The molecule has 14 nitrogen and oxygen atoms in total. The summed E-state index contributed by atoms with van der Waals surface area (Å²) in [6.45, 7) is 8.50. The van der Waals surface area contributed by atoms with Gasteiger partial charge < -0.3 is 33.6 Å². The molecular formula is C42H50N7O7PSi. The number of benzene rings is 3. The van der Waals surface area contributed by atoms with E-state index in [-0.39, 0.29) is 35.3 Å². The Bertz CT molecular complexity index is 2170. The zero-order valence-electron chi connectivity index (χ0n) is 33.0. The number of ether oxygens (including phenoxy) is 1. The summed E-state index contributed by atoms with van der Waals surface area (Å²) in [5, 5.41) is 18.4. The van der Waals surface area contributed by atoms with Gasteiger partial charge in [0.25, 0.3) is 19.9 Å². The number of hydrogen-bond acceptors (Lipinski definition) is 12. The SMILES string of the molecule is CC(C)(C)[Si](OC[C@H]1O[C@@H](n2cnc3c(NC(=O)c4ccccc4)ncnc32)C[C@]1(O)O[PH](=O)[O-])(c1ccccc1)c1ccccc1.[C+]1=C2CCCCNN2CCC1. The lowest BCUT2D eigenvalue weighted by Gasteiger charge is -2.44. The molecule has 5 heterocycles. The molecule has 0 bridgehead atoms. The lowest BCUT2D eigenvalue weighted by molar-refractivity contribution is -0.239. The fourth-order valence-corrected chi connectivity index (χ4v) is 13.0. The van der Waals surface area contributed by atoms with Gasteiger partial charge in [-0.15, -0.1) is 0 Å². The van der Waals surface area contributed by atoms with Crippen molar-refractivity contribution in [1.82, 2.24) is 30.0 Å². The van der Waals surface area contributed by atoms with Gasteiger partial charge in [-0.05, 0) is 40.4 Å². The number of fused-ring (bicyclic) bond motifs is 2. The van der Waals surface area contributed by atoms with Crippen molar-refractivity contribution >= 4 is 49.8 Å². The van der Waals surface area contributed by atoms with Crippen LogP contribution in [0.5, 0.6) is 0 Å². The van der Waals surface area contributed by atoms with Crippen molar-refractivity contribution in [3.05, 3.63) is 121 Å². The first-order valence-corrected chi connectivity index (χ1v) is 22.8. The minimum Gasteiger partial charge on any atom is -0.781 e. The van der Waals surface area contributed by atoms with Gasteiger partial charge in [0.2, 0.25) is 11.9 Å². The number of allylic oxidation sites excluding steroid dienone is 2. The number of aromatic nitrogens is 4. The molecule has 0 saturated carbocycles. The summed E-state index contributed by atoms with van der Waals surface area (Å²) < 4.78 is 31.9. The van der Waals surface area contributed by atoms with Crippen LogP contribution in [0.3, 0.4) is 0 Å². The van der Waals surface area contributed by atoms with Crippen LogP contribution in [0.4, 0.5) is 5.82 Å². The molecule has 0 radical (unpaired) electrons. The Labute approximate surface area is 340 Å². The van der Waals surface area contributed by atoms with E-state index in [0.717, 1.165) is 23.3 Å². The third-order valence-electron chi connectivity index (χ3n) is 10.7. The molecule has 2 aromatic heterocycles. The molecule has 0 spiro atoms. The van der Waals surface area contributed by atoms with Crippen LogP contribution in [0.15, 0.2) is 109 Å². The Balaban J connectivity index is 0.000000399. The van der Waals surface area contributed by atoms with Crippen LogP contribution in [0.2, 0.25) is 5.04 Å². The van der Waals surface area contributed by atoms with Crippen LogP contribution < -0.4 is 26.0 Å². The Hall–Kier alpha value is -4.66. The lowest BCUT2D eigenvalue weighted by Crippen LogP contribution is -2.67. The summed E-state index contributed by atoms with van der Waals surface area (Å²) in [4.78, 5) is 37.7. The minimum absolute atomic E-state index is 0.171. The summed E-state index contributed by atoms with van der Waals surface area (Å²) in [6, 6.07) is 28.5. The minimum atomic E-state index is -3.84. The molecule has 8 rings (SSSR count). The zero-order chi connectivity index (χ0) is 40.8. The first-order valence-electron chi connectivity index (χ1n) is 19.7. The quantitative estimate of drug-likeness (QED) is 0.0757. The Morgan fingerprint density at radius 1 is 1.02 bits per heavy atom. The highest BCUT2D eigenvalue weighted by Gasteiger charge is 2.55. The van der Waals surface area contributed by atoms with Crippen molar-refractivity contribution in [2.75, 3.05) is 25.0 Å². The highest BCUT2D eigenvalue weighted by Crippen LogP contribution is 2.44. The van der Waals surface area contributed by atoms with Gasteiger partial charge in [0, 0.05) is 31.5 Å². The largest absolute Gasteiger partial charge is 0.781 e. The molecular weight excluding hydrogens is 774 g/mol. The number of nitrogens with zero attached hydrogens (tertiary/aromatic N) is 5. The number of carbonyl (C=O) groups excluding carboxylic acids is 1. The molecule has 1 amide bonds. The maximum absolute atomic E-state index is 12.8. The number of hydrogen-bond donors (Lipinski definition) is 3. The summed E-state index contributed by atoms with van der Waals surface area (Å²) in [5.41, 5.74) is 5.86. The monoisotopic (exact) mass is 823 g/mol. The number of nitrogens with one attached hydrogen (secondary N) is 2. The van der Waals surface area contributed by atoms with Crippen molar-refractivity contribution in [2.45, 2.75) is 82.5 Å². The van der Waals surface area contributed by atoms with Crippen molar-refractivity contribution in [1.29, 1.82) is 0 Å². The van der Waals surface area contributed by atoms with Gasteiger partial charge in [0.1, 0.15) is 26.9 Å². The first kappa shape index (κ1) is 41.5. The molecule has 0 aliphatic carbocycles. The molecule has 3 aliphatic rings. The molecule has 2 saturated heterocycles. The molecule has 4 atom stereocenters. The van der Waals surface area contributed by atoms with Crippen molar-refractivity contribution in [3.8, 4) is 0 Å². The standard InChI is InChI=1S/C33H36N5O7PSi.C9H15N2/c1-32(2,3)47(24-15-9-5-10-16-24,25-17-11-6-12-18-25)43-20-26-33(40,45-46(41)42)19-27(44-26)38-22-36-28-29(34-21-35-30(28)38)37-31(39)23-13-7-4-8-14-23;1-3-7-10-11-8-4-2-6-9(11)5-1/h4-18,21-22,26-27,40,46H,19-20H2,1-3H3,(H,41,42)(H,34,35,37,39);10H,1-5,7-8H2/q;+1/p-1/t26-,27-,33+;/m1./s1. The molecule has 3 aliphatic heterocycles. The molecule has 16 heteroatoms. The summed E-state index contributed by atoms with van der Waals surface area (Å²) in [7, 11) is -6.92. The van der Waals surface area contributed by atoms with Gasteiger partial charge in [-0.1, -0.05) is 99.6 Å².